The first-order valence-electron chi connectivity index (χ1n) is 40.1. The highest BCUT2D eigenvalue weighted by atomic mass is 16.5. The van der Waals surface area contributed by atoms with Crippen LogP contribution >= 0.6 is 0 Å². The van der Waals surface area contributed by atoms with Gasteiger partial charge < -0.3 is 20.3 Å². The molecule has 6 heteroatoms. The summed E-state index contributed by atoms with van der Waals surface area (Å²) in [7, 11) is 0. The van der Waals surface area contributed by atoms with Gasteiger partial charge in [-0.25, -0.2) is 0 Å². The lowest BCUT2D eigenvalue weighted by Crippen LogP contribution is -2.45. The van der Waals surface area contributed by atoms with E-state index in [1.165, 1.54) is 385 Å². The maximum absolute atomic E-state index is 12.5. The number of unbranched alkanes of at least 4 members (excludes halogenated alkanes) is 63. The van der Waals surface area contributed by atoms with Gasteiger partial charge in [-0.15, -0.1) is 0 Å². The van der Waals surface area contributed by atoms with Gasteiger partial charge >= 0.3 is 5.97 Å². The van der Waals surface area contributed by atoms with E-state index in [0.717, 1.165) is 44.9 Å². The lowest BCUT2D eigenvalue weighted by molar-refractivity contribution is -0.143. The van der Waals surface area contributed by atoms with Crippen molar-refractivity contribution in [2.75, 3.05) is 13.2 Å². The summed E-state index contributed by atoms with van der Waals surface area (Å²) in [5, 5.41) is 23.2. The molecule has 0 aliphatic rings. The van der Waals surface area contributed by atoms with Gasteiger partial charge in [0.25, 0.3) is 0 Å². The average Bonchev–Trinajstić information content (AvgIpc) is 3.53. The van der Waals surface area contributed by atoms with Crippen LogP contribution in [0.2, 0.25) is 0 Å². The molecule has 0 rings (SSSR count). The minimum atomic E-state index is -0.840. The second-order valence-corrected chi connectivity index (χ2v) is 27.8. The van der Waals surface area contributed by atoms with Crippen LogP contribution in [0.5, 0.6) is 0 Å². The van der Waals surface area contributed by atoms with Crippen molar-refractivity contribution >= 4 is 11.9 Å². The second kappa shape index (κ2) is 76.8. The molecule has 0 saturated heterocycles. The first-order chi connectivity index (χ1) is 43.0. The van der Waals surface area contributed by atoms with Gasteiger partial charge in [-0.1, -0.05) is 411 Å². The molecule has 0 saturated carbocycles. The largest absolute Gasteiger partial charge is 0.466 e. The molecule has 2 atom stereocenters. The van der Waals surface area contributed by atoms with Gasteiger partial charge in [0.1, 0.15) is 0 Å². The van der Waals surface area contributed by atoms with Gasteiger partial charge in [0.15, 0.2) is 0 Å². The third-order valence-corrected chi connectivity index (χ3v) is 19.0. The number of hydrogen-bond acceptors (Lipinski definition) is 5. The Kier molecular flexibility index (Phi) is 75.3. The molecule has 0 aromatic rings. The van der Waals surface area contributed by atoms with E-state index in [0.29, 0.717) is 19.4 Å². The Labute approximate surface area is 545 Å². The highest BCUT2D eigenvalue weighted by Crippen LogP contribution is 2.20. The second-order valence-electron chi connectivity index (χ2n) is 27.8. The molecule has 87 heavy (non-hydrogen) atoms. The van der Waals surface area contributed by atoms with Crippen molar-refractivity contribution in [3.63, 3.8) is 0 Å². The summed E-state index contributed by atoms with van der Waals surface area (Å²) in [6.45, 7) is 4.94. The van der Waals surface area contributed by atoms with Crippen LogP contribution in [-0.4, -0.2) is 47.4 Å². The summed E-state index contributed by atoms with van der Waals surface area (Å²) >= 11 is 0. The quantitative estimate of drug-likeness (QED) is 0.0320. The summed E-state index contributed by atoms with van der Waals surface area (Å²) in [4.78, 5) is 24.6. The van der Waals surface area contributed by atoms with Crippen LogP contribution < -0.4 is 5.32 Å². The van der Waals surface area contributed by atoms with Crippen molar-refractivity contribution in [3.05, 3.63) is 24.3 Å². The fraction of sp³-hybridized carbons (Fsp3) is 0.926. The molecule has 516 valence electrons. The van der Waals surface area contributed by atoms with Gasteiger partial charge in [-0.05, 0) is 57.8 Å². The molecule has 2 unspecified atom stereocenters. The van der Waals surface area contributed by atoms with Gasteiger partial charge in [-0.2, -0.15) is 0 Å². The van der Waals surface area contributed by atoms with E-state index >= 15 is 0 Å². The Morgan fingerprint density at radius 2 is 0.540 bits per heavy atom. The van der Waals surface area contributed by atoms with Crippen LogP contribution in [0, 0.1) is 0 Å². The van der Waals surface area contributed by atoms with Crippen molar-refractivity contribution < 1.29 is 24.5 Å². The maximum atomic E-state index is 12.5. The molecule has 0 aromatic carbocycles. The van der Waals surface area contributed by atoms with E-state index in [1.54, 1.807) is 6.08 Å². The molecule has 0 bridgehead atoms. The Bertz CT molecular complexity index is 1360. The fourth-order valence-electron chi connectivity index (χ4n) is 12.9. The number of ether oxygens (including phenoxy) is 1. The van der Waals surface area contributed by atoms with E-state index in [4.69, 9.17) is 4.74 Å². The molecular weight excluding hydrogens is 1070 g/mol. The number of aliphatic hydroxyl groups is 2. The number of nitrogens with one attached hydrogen (secondary N) is 1. The van der Waals surface area contributed by atoms with Gasteiger partial charge in [0.2, 0.25) is 5.91 Å². The highest BCUT2D eigenvalue weighted by Gasteiger charge is 2.18. The van der Waals surface area contributed by atoms with Crippen molar-refractivity contribution in [1.82, 2.24) is 5.32 Å². The molecule has 0 radical (unpaired) electrons. The predicted molar refractivity (Wildman–Crippen MR) is 384 cm³/mol. The van der Waals surface area contributed by atoms with E-state index in [1.807, 2.05) is 6.08 Å². The molecule has 3 N–H and O–H groups in total. The zero-order chi connectivity index (χ0) is 62.8. The summed E-state index contributed by atoms with van der Waals surface area (Å²) < 4.78 is 5.50. The number of esters is 1. The van der Waals surface area contributed by atoms with E-state index < -0.39 is 12.1 Å². The Balaban J connectivity index is 3.30. The number of rotatable bonds is 76. The molecule has 1 amide bonds. The first-order valence-corrected chi connectivity index (χ1v) is 40.1. The molecule has 0 fully saturated rings. The normalized spacial score (nSPS) is 12.6. The fourth-order valence-corrected chi connectivity index (χ4v) is 12.9. The number of hydrogen-bond donors (Lipinski definition) is 3. The number of amides is 1. The van der Waals surface area contributed by atoms with Crippen LogP contribution in [0.1, 0.15) is 457 Å². The number of allylic oxidation sites excluding steroid dienone is 3. The smallest absolute Gasteiger partial charge is 0.305 e. The lowest BCUT2D eigenvalue weighted by Gasteiger charge is -2.20. The number of carbonyl (C=O) groups excluding carboxylic acids is 2. The van der Waals surface area contributed by atoms with Crippen LogP contribution in [0.25, 0.3) is 0 Å². The SMILES string of the molecule is CCCCCCCC/C=C\CCCCCCCC(=O)OCCCCCCCCCCCCCCCCCCCCCCCCCCCCCCCCCCCCCCCCCC(=O)NC(CO)C(O)/C=C/CCCCCCCCCCCCCCCC. The monoisotopic (exact) mass is 1220 g/mol. The molecule has 0 aliphatic heterocycles. The Morgan fingerprint density at radius 1 is 0.310 bits per heavy atom. The Hall–Kier alpha value is -1.66. The summed E-state index contributed by atoms with van der Waals surface area (Å²) in [6, 6.07) is -0.623. The predicted octanol–water partition coefficient (Wildman–Crippen LogP) is 26.4. The third-order valence-electron chi connectivity index (χ3n) is 19.0. The molecule has 6 nitrogen and oxygen atoms in total. The zero-order valence-electron chi connectivity index (χ0n) is 59.3. The molecule has 0 aromatic heterocycles. The van der Waals surface area contributed by atoms with Crippen LogP contribution in [-0.2, 0) is 14.3 Å². The molecular formula is C81H157NO5. The number of carbonyl (C=O) groups is 2. The van der Waals surface area contributed by atoms with Crippen molar-refractivity contribution in [2.45, 2.75) is 469 Å². The van der Waals surface area contributed by atoms with Crippen molar-refractivity contribution in [1.29, 1.82) is 0 Å². The van der Waals surface area contributed by atoms with E-state index in [-0.39, 0.29) is 18.5 Å². The lowest BCUT2D eigenvalue weighted by atomic mass is 10.0. The summed E-state index contributed by atoms with van der Waals surface area (Å²) in [5.41, 5.74) is 0. The minimum absolute atomic E-state index is 0.0168. The van der Waals surface area contributed by atoms with Crippen LogP contribution in [0.3, 0.4) is 0 Å². The topological polar surface area (TPSA) is 95.9 Å². The minimum Gasteiger partial charge on any atom is -0.466 e. The highest BCUT2D eigenvalue weighted by molar-refractivity contribution is 5.76. The zero-order valence-corrected chi connectivity index (χ0v) is 59.3. The van der Waals surface area contributed by atoms with Gasteiger partial charge in [-0.3, -0.25) is 9.59 Å². The van der Waals surface area contributed by atoms with Gasteiger partial charge in [0.05, 0.1) is 25.4 Å². The molecule has 0 heterocycles. The summed E-state index contributed by atoms with van der Waals surface area (Å²) in [6.07, 6.45) is 98.9. The standard InChI is InChI=1S/C81H157NO5/c1-3-5-7-9-11-13-15-17-19-46-49-53-57-61-65-69-73-79(84)78(77-83)82-80(85)74-70-66-62-58-54-50-47-43-41-39-37-35-33-31-29-27-25-23-21-20-22-24-26-28-30-32-34-36-38-40-42-44-48-52-56-60-64-68-72-76-87-81(86)75-71-67-63-59-55-51-45-18-16-14-12-10-8-6-4-2/h18,45,69,73,78-79,83-84H,3-17,19-44,46-68,70-72,74-77H2,1-2H3,(H,82,85)/b45-18-,73-69+. The van der Waals surface area contributed by atoms with Crippen LogP contribution in [0.4, 0.5) is 0 Å². The van der Waals surface area contributed by atoms with E-state index in [2.05, 4.69) is 31.3 Å². The first kappa shape index (κ1) is 85.3. The van der Waals surface area contributed by atoms with Crippen molar-refractivity contribution in [2.24, 2.45) is 0 Å². The molecule has 0 spiro atoms. The van der Waals surface area contributed by atoms with Crippen LogP contribution in [0.15, 0.2) is 24.3 Å². The van der Waals surface area contributed by atoms with Gasteiger partial charge in [0, 0.05) is 12.8 Å². The maximum Gasteiger partial charge on any atom is 0.305 e. The van der Waals surface area contributed by atoms with E-state index in [9.17, 15) is 19.8 Å². The molecule has 0 aliphatic carbocycles. The Morgan fingerprint density at radius 3 is 0.816 bits per heavy atom. The third kappa shape index (κ3) is 73.3. The average molecular weight is 1230 g/mol. The number of aliphatic hydroxyl groups excluding tert-OH is 2. The van der Waals surface area contributed by atoms with Crippen molar-refractivity contribution in [3.8, 4) is 0 Å². The summed E-state index contributed by atoms with van der Waals surface area (Å²) in [5.74, 6) is -0.0416.